The number of nitrogens with zero attached hydrogens (tertiary/aromatic N) is 3. The second-order valence-electron chi connectivity index (χ2n) is 10.0. The van der Waals surface area contributed by atoms with Gasteiger partial charge >= 0.3 is 0 Å². The minimum Gasteiger partial charge on any atom is -0.491 e. The molecule has 0 saturated carbocycles. The number of aryl methyl sites for hydroxylation is 1. The number of nitrogens with one attached hydrogen (secondary N) is 2. The number of rotatable bonds is 3. The van der Waals surface area contributed by atoms with E-state index in [1.54, 1.807) is 4.90 Å². The fraction of sp³-hybridized carbons (Fsp3) is 0.379. The van der Waals surface area contributed by atoms with Gasteiger partial charge in [-0.1, -0.05) is 18.2 Å². The molecule has 2 N–H and O–H groups in total. The van der Waals surface area contributed by atoms with Crippen molar-refractivity contribution in [2.75, 3.05) is 19.7 Å². The Morgan fingerprint density at radius 2 is 1.85 bits per heavy atom. The van der Waals surface area contributed by atoms with E-state index in [9.17, 15) is 18.8 Å². The number of aromatic nitrogens is 2. The lowest BCUT2D eigenvalue weighted by atomic mass is 10.1. The molecule has 0 radical (unpaired) electrons. The van der Waals surface area contributed by atoms with E-state index in [-0.39, 0.29) is 67.7 Å². The number of halogens is 1. The largest absolute Gasteiger partial charge is 0.491 e. The molecule has 1 saturated heterocycles. The zero-order valence-corrected chi connectivity index (χ0v) is 22.1. The predicted octanol–water partition coefficient (Wildman–Crippen LogP) is 2.86. The van der Waals surface area contributed by atoms with Crippen LogP contribution in [0.3, 0.4) is 0 Å². The zero-order valence-electron chi connectivity index (χ0n) is 22.1. The standard InChI is InChI=1S/C29H32FN5O4/c1-18-24(19(2)35(33-18)21-6-4-3-5-7-21)16-28(37)34-22-9-10-23(34)17-32-29(38)25-14-20(30)8-11-26(25)39-13-12-31-27(36)15-22/h3-8,11,14,22-23H,9-10,12-13,15-17H2,1-2H3,(H,31,36)(H,32,38)/t22-,23+/m0/s1. The summed E-state index contributed by atoms with van der Waals surface area (Å²) in [4.78, 5) is 41.3. The highest BCUT2D eigenvalue weighted by atomic mass is 19.1. The van der Waals surface area contributed by atoms with Crippen molar-refractivity contribution < 1.29 is 23.5 Å². The third-order valence-corrected chi connectivity index (χ3v) is 7.47. The Morgan fingerprint density at radius 1 is 1.08 bits per heavy atom. The van der Waals surface area contributed by atoms with Gasteiger partial charge in [0.1, 0.15) is 18.2 Å². The molecule has 0 aliphatic carbocycles. The highest BCUT2D eigenvalue weighted by Crippen LogP contribution is 2.29. The summed E-state index contributed by atoms with van der Waals surface area (Å²) in [6.45, 7) is 4.36. The van der Waals surface area contributed by atoms with E-state index in [0.717, 1.165) is 28.7 Å². The average molecular weight is 534 g/mol. The molecule has 0 spiro atoms. The maximum Gasteiger partial charge on any atom is 0.255 e. The third kappa shape index (κ3) is 5.64. The van der Waals surface area contributed by atoms with Gasteiger partial charge in [-0.05, 0) is 57.0 Å². The molecular formula is C29H32FN5O4. The fourth-order valence-electron chi connectivity index (χ4n) is 5.51. The number of carbonyl (C=O) groups excluding carboxylic acids is 3. The van der Waals surface area contributed by atoms with Crippen molar-refractivity contribution in [2.24, 2.45) is 0 Å². The van der Waals surface area contributed by atoms with Crippen LogP contribution >= 0.6 is 0 Å². The number of amides is 3. The van der Waals surface area contributed by atoms with E-state index in [1.165, 1.54) is 12.1 Å². The van der Waals surface area contributed by atoms with Crippen LogP contribution in [-0.4, -0.2) is 64.2 Å². The van der Waals surface area contributed by atoms with Crippen LogP contribution in [0.4, 0.5) is 4.39 Å². The fourth-order valence-corrected chi connectivity index (χ4v) is 5.51. The summed E-state index contributed by atoms with van der Waals surface area (Å²) >= 11 is 0. The van der Waals surface area contributed by atoms with E-state index in [0.29, 0.717) is 12.8 Å². The first-order valence-electron chi connectivity index (χ1n) is 13.2. The molecule has 2 bridgehead atoms. The molecule has 2 aliphatic rings. The van der Waals surface area contributed by atoms with Crippen LogP contribution in [0.25, 0.3) is 5.69 Å². The van der Waals surface area contributed by atoms with Crippen molar-refractivity contribution in [3.8, 4) is 11.4 Å². The lowest BCUT2D eigenvalue weighted by Gasteiger charge is -2.31. The zero-order chi connectivity index (χ0) is 27.5. The lowest BCUT2D eigenvalue weighted by Crippen LogP contribution is -2.48. The Balaban J connectivity index is 1.40. The summed E-state index contributed by atoms with van der Waals surface area (Å²) in [6.07, 6.45) is 1.58. The van der Waals surface area contributed by atoms with Gasteiger partial charge in [0.2, 0.25) is 11.8 Å². The Morgan fingerprint density at radius 3 is 2.64 bits per heavy atom. The number of para-hydroxylation sites is 1. The van der Waals surface area contributed by atoms with Crippen LogP contribution in [0.1, 0.15) is 46.6 Å². The van der Waals surface area contributed by atoms with Crippen LogP contribution < -0.4 is 15.4 Å². The SMILES string of the molecule is Cc1nn(-c2ccccc2)c(C)c1CC(=O)N1[C@@H]2CC[C@H]1CC(=O)NCCOc1ccc(F)cc1C(=O)NC2. The van der Waals surface area contributed by atoms with Crippen molar-refractivity contribution >= 4 is 17.7 Å². The quantitative estimate of drug-likeness (QED) is 0.539. The summed E-state index contributed by atoms with van der Waals surface area (Å²) in [5.41, 5.74) is 3.48. The van der Waals surface area contributed by atoms with Crippen molar-refractivity contribution in [2.45, 2.75) is 51.6 Å². The van der Waals surface area contributed by atoms with Gasteiger partial charge in [-0.3, -0.25) is 14.4 Å². The van der Waals surface area contributed by atoms with Crippen LogP contribution in [0.2, 0.25) is 0 Å². The molecule has 2 aromatic carbocycles. The highest BCUT2D eigenvalue weighted by molar-refractivity contribution is 5.97. The molecule has 2 aliphatic heterocycles. The number of fused-ring (bicyclic) bond motifs is 3. The molecule has 3 heterocycles. The van der Waals surface area contributed by atoms with Gasteiger partial charge in [-0.15, -0.1) is 0 Å². The Kier molecular flexibility index (Phi) is 7.63. The summed E-state index contributed by atoms with van der Waals surface area (Å²) in [7, 11) is 0. The molecule has 39 heavy (non-hydrogen) atoms. The minimum absolute atomic E-state index is 0.0744. The van der Waals surface area contributed by atoms with Crippen molar-refractivity contribution in [1.29, 1.82) is 0 Å². The highest BCUT2D eigenvalue weighted by Gasteiger charge is 2.38. The first-order valence-corrected chi connectivity index (χ1v) is 13.2. The number of carbonyl (C=O) groups is 3. The van der Waals surface area contributed by atoms with Crippen LogP contribution in [0.15, 0.2) is 48.5 Å². The molecule has 3 amide bonds. The molecule has 3 aromatic rings. The van der Waals surface area contributed by atoms with Gasteiger partial charge in [0.25, 0.3) is 5.91 Å². The summed E-state index contributed by atoms with van der Waals surface area (Å²) in [5, 5.41) is 10.4. The normalized spacial score (nSPS) is 19.9. The van der Waals surface area contributed by atoms with Gasteiger partial charge < -0.3 is 20.3 Å². The van der Waals surface area contributed by atoms with Gasteiger partial charge in [0, 0.05) is 36.3 Å². The Labute approximate surface area is 226 Å². The Bertz CT molecular complexity index is 1390. The predicted molar refractivity (Wildman–Crippen MR) is 142 cm³/mol. The van der Waals surface area contributed by atoms with Crippen LogP contribution in [0, 0.1) is 19.7 Å². The number of ether oxygens (including phenoxy) is 1. The molecule has 9 nitrogen and oxygen atoms in total. The molecule has 0 unspecified atom stereocenters. The second kappa shape index (κ2) is 11.3. The third-order valence-electron chi connectivity index (χ3n) is 7.47. The van der Waals surface area contributed by atoms with E-state index >= 15 is 0 Å². The molecule has 2 atom stereocenters. The molecule has 10 heteroatoms. The van der Waals surface area contributed by atoms with Crippen molar-refractivity contribution in [1.82, 2.24) is 25.3 Å². The van der Waals surface area contributed by atoms with Gasteiger partial charge in [-0.2, -0.15) is 5.10 Å². The first kappa shape index (κ1) is 26.4. The maximum atomic E-state index is 13.9. The first-order chi connectivity index (χ1) is 18.8. The summed E-state index contributed by atoms with van der Waals surface area (Å²) in [6, 6.07) is 12.9. The topological polar surface area (TPSA) is 106 Å². The van der Waals surface area contributed by atoms with E-state index in [4.69, 9.17) is 4.74 Å². The maximum absolute atomic E-state index is 13.9. The van der Waals surface area contributed by atoms with E-state index < -0.39 is 11.7 Å². The molecular weight excluding hydrogens is 501 g/mol. The molecule has 5 rings (SSSR count). The molecule has 204 valence electrons. The van der Waals surface area contributed by atoms with Crippen LogP contribution in [-0.2, 0) is 16.0 Å². The van der Waals surface area contributed by atoms with Gasteiger partial charge in [0.05, 0.1) is 29.9 Å². The van der Waals surface area contributed by atoms with Gasteiger partial charge in [0.15, 0.2) is 0 Å². The summed E-state index contributed by atoms with van der Waals surface area (Å²) < 4.78 is 21.4. The van der Waals surface area contributed by atoms with Crippen molar-refractivity contribution in [3.05, 3.63) is 76.9 Å². The smallest absolute Gasteiger partial charge is 0.255 e. The monoisotopic (exact) mass is 533 g/mol. The second-order valence-corrected chi connectivity index (χ2v) is 10.0. The van der Waals surface area contributed by atoms with Crippen molar-refractivity contribution in [3.63, 3.8) is 0 Å². The minimum atomic E-state index is -0.554. The van der Waals surface area contributed by atoms with E-state index in [2.05, 4.69) is 15.7 Å². The lowest BCUT2D eigenvalue weighted by molar-refractivity contribution is -0.134. The Hall–Kier alpha value is -4.21. The number of hydrogen-bond donors (Lipinski definition) is 2. The van der Waals surface area contributed by atoms with Gasteiger partial charge in [-0.25, -0.2) is 9.07 Å². The average Bonchev–Trinajstić information content (AvgIpc) is 3.45. The number of hydrogen-bond acceptors (Lipinski definition) is 5. The molecule has 1 fully saturated rings. The number of benzene rings is 2. The van der Waals surface area contributed by atoms with Crippen LogP contribution in [0.5, 0.6) is 5.75 Å². The van der Waals surface area contributed by atoms with E-state index in [1.807, 2.05) is 48.9 Å². The summed E-state index contributed by atoms with van der Waals surface area (Å²) in [5.74, 6) is -1.09. The molecule has 1 aromatic heterocycles.